The van der Waals surface area contributed by atoms with Gasteiger partial charge in [0.1, 0.15) is 5.75 Å². The van der Waals surface area contributed by atoms with Crippen molar-refractivity contribution in [2.75, 3.05) is 26.0 Å². The van der Waals surface area contributed by atoms with Crippen molar-refractivity contribution in [3.63, 3.8) is 0 Å². The van der Waals surface area contributed by atoms with Crippen molar-refractivity contribution in [1.82, 2.24) is 19.9 Å². The van der Waals surface area contributed by atoms with Gasteiger partial charge in [0.15, 0.2) is 0 Å². The van der Waals surface area contributed by atoms with E-state index in [4.69, 9.17) is 4.74 Å². The lowest BCUT2D eigenvalue weighted by atomic mass is 10.2. The number of aromatic nitrogens is 3. The van der Waals surface area contributed by atoms with Gasteiger partial charge in [-0.15, -0.1) is 0 Å². The van der Waals surface area contributed by atoms with Crippen LogP contribution in [0.25, 0.3) is 0 Å². The van der Waals surface area contributed by atoms with E-state index in [-0.39, 0.29) is 5.91 Å². The molecule has 0 aliphatic heterocycles. The van der Waals surface area contributed by atoms with Crippen LogP contribution in [0.4, 0.5) is 5.95 Å². The van der Waals surface area contributed by atoms with E-state index in [9.17, 15) is 4.79 Å². The summed E-state index contributed by atoms with van der Waals surface area (Å²) >= 11 is 0. The van der Waals surface area contributed by atoms with Gasteiger partial charge in [-0.1, -0.05) is 12.1 Å². The maximum Gasteiger partial charge on any atom is 0.256 e. The molecule has 0 atom stereocenters. The number of methoxy groups -OCH3 is 1. The number of carbonyl (C=O) groups is 1. The van der Waals surface area contributed by atoms with E-state index in [2.05, 4.69) is 20.3 Å². The molecule has 1 aromatic carbocycles. The van der Waals surface area contributed by atoms with Crippen LogP contribution in [0.5, 0.6) is 5.75 Å². The van der Waals surface area contributed by atoms with E-state index in [0.717, 1.165) is 23.3 Å². The fraction of sp³-hybridized carbons (Fsp3) is 0.238. The second-order valence-corrected chi connectivity index (χ2v) is 6.33. The zero-order valence-electron chi connectivity index (χ0n) is 16.0. The first-order chi connectivity index (χ1) is 13.7. The molecule has 0 saturated heterocycles. The molecule has 7 heteroatoms. The number of amides is 1. The molecule has 2 heterocycles. The molecule has 0 spiro atoms. The van der Waals surface area contributed by atoms with Gasteiger partial charge in [0.2, 0.25) is 5.95 Å². The summed E-state index contributed by atoms with van der Waals surface area (Å²) in [6.07, 6.45) is 7.38. The molecule has 0 unspecified atom stereocenters. The van der Waals surface area contributed by atoms with Crippen LogP contribution < -0.4 is 10.1 Å². The summed E-state index contributed by atoms with van der Waals surface area (Å²) in [5.74, 6) is 1.19. The summed E-state index contributed by atoms with van der Waals surface area (Å²) in [6, 6.07) is 11.7. The molecule has 0 aliphatic carbocycles. The molecule has 1 N–H and O–H groups in total. The lowest BCUT2D eigenvalue weighted by molar-refractivity contribution is 0.0796. The third kappa shape index (κ3) is 5.26. The summed E-state index contributed by atoms with van der Waals surface area (Å²) in [5, 5.41) is 3.15. The van der Waals surface area contributed by atoms with Crippen molar-refractivity contribution in [2.45, 2.75) is 13.0 Å². The van der Waals surface area contributed by atoms with Crippen LogP contribution in [0, 0.1) is 0 Å². The molecule has 3 rings (SSSR count). The monoisotopic (exact) mass is 377 g/mol. The van der Waals surface area contributed by atoms with E-state index in [1.165, 1.54) is 0 Å². The highest BCUT2D eigenvalue weighted by Crippen LogP contribution is 2.12. The topological polar surface area (TPSA) is 80.2 Å². The van der Waals surface area contributed by atoms with Crippen LogP contribution in [0.2, 0.25) is 0 Å². The Bertz CT molecular complexity index is 883. The van der Waals surface area contributed by atoms with E-state index in [1.807, 2.05) is 36.4 Å². The normalized spacial score (nSPS) is 10.4. The lowest BCUT2D eigenvalue weighted by Crippen LogP contribution is -2.29. The molecule has 3 aromatic rings. The van der Waals surface area contributed by atoms with E-state index < -0.39 is 0 Å². The second kappa shape index (κ2) is 9.45. The van der Waals surface area contributed by atoms with Crippen molar-refractivity contribution in [3.05, 3.63) is 77.9 Å². The van der Waals surface area contributed by atoms with Crippen LogP contribution in [0.1, 0.15) is 21.5 Å². The van der Waals surface area contributed by atoms with Crippen molar-refractivity contribution in [1.29, 1.82) is 0 Å². The Morgan fingerprint density at radius 3 is 2.36 bits per heavy atom. The third-order valence-electron chi connectivity index (χ3n) is 4.34. The summed E-state index contributed by atoms with van der Waals surface area (Å²) < 4.78 is 5.15. The number of hydrogen-bond acceptors (Lipinski definition) is 6. The molecule has 28 heavy (non-hydrogen) atoms. The van der Waals surface area contributed by atoms with Crippen LogP contribution in [-0.2, 0) is 13.0 Å². The van der Waals surface area contributed by atoms with Crippen molar-refractivity contribution in [3.8, 4) is 5.75 Å². The van der Waals surface area contributed by atoms with Crippen molar-refractivity contribution < 1.29 is 9.53 Å². The Balaban J connectivity index is 1.51. The number of likely N-dealkylation sites (N-methyl/N-ethyl adjacent to an activating group) is 1. The van der Waals surface area contributed by atoms with Gasteiger partial charge in [-0.3, -0.25) is 9.78 Å². The number of hydrogen-bond donors (Lipinski definition) is 1. The van der Waals surface area contributed by atoms with Crippen molar-refractivity contribution >= 4 is 11.9 Å². The fourth-order valence-electron chi connectivity index (χ4n) is 2.62. The van der Waals surface area contributed by atoms with E-state index in [1.54, 1.807) is 43.8 Å². The Labute approximate surface area is 164 Å². The number of benzene rings is 1. The number of carbonyl (C=O) groups excluding carboxylic acids is 1. The molecule has 0 aliphatic rings. The smallest absolute Gasteiger partial charge is 0.256 e. The maximum atomic E-state index is 12.5. The highest BCUT2D eigenvalue weighted by Gasteiger charge is 2.12. The largest absolute Gasteiger partial charge is 0.497 e. The minimum atomic E-state index is -0.101. The minimum Gasteiger partial charge on any atom is -0.497 e. The molecule has 0 radical (unpaired) electrons. The summed E-state index contributed by atoms with van der Waals surface area (Å²) in [4.78, 5) is 26.7. The molecular weight excluding hydrogens is 354 g/mol. The Morgan fingerprint density at radius 2 is 1.71 bits per heavy atom. The molecule has 0 saturated carbocycles. The predicted octanol–water partition coefficient (Wildman–Crippen LogP) is 2.81. The maximum absolute atomic E-state index is 12.5. The number of nitrogens with one attached hydrogen (secondary N) is 1. The second-order valence-electron chi connectivity index (χ2n) is 6.33. The van der Waals surface area contributed by atoms with Gasteiger partial charge in [-0.25, -0.2) is 9.97 Å². The number of nitrogens with zero attached hydrogens (tertiary/aromatic N) is 4. The number of anilines is 1. The van der Waals surface area contributed by atoms with Gasteiger partial charge in [0.25, 0.3) is 5.91 Å². The number of ether oxygens (including phenoxy) is 1. The molecular formula is C21H23N5O2. The summed E-state index contributed by atoms with van der Waals surface area (Å²) in [6.45, 7) is 1.20. The van der Waals surface area contributed by atoms with Crippen molar-refractivity contribution in [2.24, 2.45) is 0 Å². The first-order valence-electron chi connectivity index (χ1n) is 8.99. The van der Waals surface area contributed by atoms with Gasteiger partial charge in [0.05, 0.1) is 12.7 Å². The van der Waals surface area contributed by atoms with Gasteiger partial charge in [-0.05, 0) is 41.8 Å². The quantitative estimate of drug-likeness (QED) is 0.650. The molecule has 0 fully saturated rings. The van der Waals surface area contributed by atoms with E-state index >= 15 is 0 Å². The Morgan fingerprint density at radius 1 is 1.04 bits per heavy atom. The Kier molecular flexibility index (Phi) is 6.51. The standard InChI is InChI=1S/C21H23N5O2/c1-26(12-9-16-7-10-22-11-8-16)20(27)18-14-24-21(25-15-18)23-13-17-3-5-19(28-2)6-4-17/h3-8,10-11,14-15H,9,12-13H2,1-2H3,(H,23,24,25). The number of rotatable bonds is 8. The first-order valence-corrected chi connectivity index (χ1v) is 8.99. The fourth-order valence-corrected chi connectivity index (χ4v) is 2.62. The average Bonchev–Trinajstić information content (AvgIpc) is 2.77. The van der Waals surface area contributed by atoms with E-state index in [0.29, 0.717) is 24.6 Å². The van der Waals surface area contributed by atoms with Gasteiger partial charge >= 0.3 is 0 Å². The lowest BCUT2D eigenvalue weighted by Gasteiger charge is -2.17. The molecule has 1 amide bonds. The predicted molar refractivity (Wildman–Crippen MR) is 107 cm³/mol. The first kappa shape index (κ1) is 19.3. The van der Waals surface area contributed by atoms with Crippen LogP contribution in [0.15, 0.2) is 61.2 Å². The van der Waals surface area contributed by atoms with Crippen LogP contribution >= 0.6 is 0 Å². The average molecular weight is 377 g/mol. The molecule has 2 aromatic heterocycles. The zero-order chi connectivity index (χ0) is 19.8. The highest BCUT2D eigenvalue weighted by molar-refractivity contribution is 5.93. The SMILES string of the molecule is COc1ccc(CNc2ncc(C(=O)N(C)CCc3ccncc3)cn2)cc1. The van der Waals surface area contributed by atoms with Crippen LogP contribution in [-0.4, -0.2) is 46.5 Å². The summed E-state index contributed by atoms with van der Waals surface area (Å²) in [7, 11) is 3.42. The van der Waals surface area contributed by atoms with Gasteiger partial charge in [-0.2, -0.15) is 0 Å². The van der Waals surface area contributed by atoms with Crippen LogP contribution in [0.3, 0.4) is 0 Å². The Hall–Kier alpha value is -3.48. The zero-order valence-corrected chi connectivity index (χ0v) is 16.0. The molecule has 144 valence electrons. The summed E-state index contributed by atoms with van der Waals surface area (Å²) in [5.41, 5.74) is 2.69. The molecule has 7 nitrogen and oxygen atoms in total. The minimum absolute atomic E-state index is 0.101. The van der Waals surface area contributed by atoms with Gasteiger partial charge in [0, 0.05) is 44.9 Å². The molecule has 0 bridgehead atoms. The highest BCUT2D eigenvalue weighted by atomic mass is 16.5. The number of pyridine rings is 1. The van der Waals surface area contributed by atoms with Gasteiger partial charge < -0.3 is 15.0 Å². The third-order valence-corrected chi connectivity index (χ3v) is 4.34.